The minimum atomic E-state index is 0.601. The van der Waals surface area contributed by atoms with Gasteiger partial charge in [-0.25, -0.2) is 0 Å². The van der Waals surface area contributed by atoms with Crippen molar-refractivity contribution in [3.8, 4) is 0 Å². The van der Waals surface area contributed by atoms with E-state index in [2.05, 4.69) is 33.0 Å². The van der Waals surface area contributed by atoms with Gasteiger partial charge in [-0.1, -0.05) is 34.0 Å². The SMILES string of the molecule is Cc1c(Cl)cc(CN(C2CCC2)C2COC2)cc1Br. The van der Waals surface area contributed by atoms with Crippen LogP contribution in [0.4, 0.5) is 0 Å². The van der Waals surface area contributed by atoms with Gasteiger partial charge in [0.2, 0.25) is 0 Å². The molecule has 4 heteroatoms. The van der Waals surface area contributed by atoms with E-state index in [1.54, 1.807) is 0 Å². The molecular weight excluding hydrogens is 326 g/mol. The fraction of sp³-hybridized carbons (Fsp3) is 0.600. The third kappa shape index (κ3) is 2.85. The Morgan fingerprint density at radius 3 is 2.53 bits per heavy atom. The van der Waals surface area contributed by atoms with Crippen LogP contribution in [-0.4, -0.2) is 30.2 Å². The van der Waals surface area contributed by atoms with E-state index in [9.17, 15) is 0 Å². The topological polar surface area (TPSA) is 12.5 Å². The molecule has 104 valence electrons. The van der Waals surface area contributed by atoms with Gasteiger partial charge in [0.1, 0.15) is 0 Å². The predicted octanol–water partition coefficient (Wildman–Crippen LogP) is 4.16. The van der Waals surface area contributed by atoms with E-state index in [1.807, 2.05) is 6.92 Å². The summed E-state index contributed by atoms with van der Waals surface area (Å²) in [7, 11) is 0. The van der Waals surface area contributed by atoms with Crippen LogP contribution >= 0.6 is 27.5 Å². The number of hydrogen-bond donors (Lipinski definition) is 0. The zero-order valence-electron chi connectivity index (χ0n) is 11.2. The first kappa shape index (κ1) is 13.9. The Labute approximate surface area is 128 Å². The zero-order valence-corrected chi connectivity index (χ0v) is 13.5. The lowest BCUT2D eigenvalue weighted by molar-refractivity contribution is -0.0939. The molecule has 2 fully saturated rings. The van der Waals surface area contributed by atoms with E-state index in [0.29, 0.717) is 6.04 Å². The van der Waals surface area contributed by atoms with Gasteiger partial charge in [0.05, 0.1) is 19.3 Å². The average Bonchev–Trinajstić information content (AvgIpc) is 2.20. The highest BCUT2D eigenvalue weighted by Gasteiger charge is 2.34. The maximum atomic E-state index is 6.28. The van der Waals surface area contributed by atoms with Crippen molar-refractivity contribution in [3.05, 3.63) is 32.8 Å². The largest absolute Gasteiger partial charge is 0.378 e. The number of rotatable bonds is 4. The smallest absolute Gasteiger partial charge is 0.0645 e. The predicted molar refractivity (Wildman–Crippen MR) is 81.7 cm³/mol. The Kier molecular flexibility index (Phi) is 4.18. The minimum absolute atomic E-state index is 0.601. The molecule has 0 N–H and O–H groups in total. The fourth-order valence-corrected chi connectivity index (χ4v) is 3.55. The van der Waals surface area contributed by atoms with Crippen molar-refractivity contribution in [2.45, 2.75) is 44.8 Å². The molecule has 3 rings (SSSR count). The minimum Gasteiger partial charge on any atom is -0.378 e. The molecule has 1 aromatic rings. The Morgan fingerprint density at radius 1 is 1.32 bits per heavy atom. The maximum Gasteiger partial charge on any atom is 0.0645 e. The van der Waals surface area contributed by atoms with E-state index in [-0.39, 0.29) is 0 Å². The second-order valence-corrected chi connectivity index (χ2v) is 6.89. The van der Waals surface area contributed by atoms with E-state index in [1.165, 1.54) is 24.8 Å². The molecule has 0 aromatic heterocycles. The van der Waals surface area contributed by atoms with Crippen LogP contribution in [-0.2, 0) is 11.3 Å². The molecule has 0 radical (unpaired) electrons. The lowest BCUT2D eigenvalue weighted by Crippen LogP contribution is -2.54. The standard InChI is InChI=1S/C15H19BrClNO/c1-10-14(16)5-11(6-15(10)17)7-18(12-3-2-4-12)13-8-19-9-13/h5-6,12-13H,2-4,7-9H2,1H3. The van der Waals surface area contributed by atoms with Gasteiger partial charge in [0, 0.05) is 22.1 Å². The second-order valence-electron chi connectivity index (χ2n) is 5.63. The molecule has 1 heterocycles. The van der Waals surface area contributed by atoms with E-state index >= 15 is 0 Å². The van der Waals surface area contributed by atoms with Crippen LogP contribution in [0.15, 0.2) is 16.6 Å². The van der Waals surface area contributed by atoms with E-state index in [0.717, 1.165) is 40.9 Å². The van der Waals surface area contributed by atoms with Crippen molar-refractivity contribution >= 4 is 27.5 Å². The van der Waals surface area contributed by atoms with Crippen molar-refractivity contribution in [2.75, 3.05) is 13.2 Å². The Morgan fingerprint density at radius 2 is 2.05 bits per heavy atom. The van der Waals surface area contributed by atoms with Crippen LogP contribution in [0, 0.1) is 6.92 Å². The molecule has 0 unspecified atom stereocenters. The molecular formula is C15H19BrClNO. The van der Waals surface area contributed by atoms with Crippen molar-refractivity contribution in [1.82, 2.24) is 4.90 Å². The van der Waals surface area contributed by atoms with Crippen molar-refractivity contribution in [2.24, 2.45) is 0 Å². The van der Waals surface area contributed by atoms with Gasteiger partial charge in [0.25, 0.3) is 0 Å². The summed E-state index contributed by atoms with van der Waals surface area (Å²) in [5, 5.41) is 0.850. The molecule has 1 aliphatic heterocycles. The summed E-state index contributed by atoms with van der Waals surface area (Å²) in [6.07, 6.45) is 4.03. The summed E-state index contributed by atoms with van der Waals surface area (Å²) in [6.45, 7) is 4.80. The molecule has 0 amide bonds. The Balaban J connectivity index is 1.77. The summed E-state index contributed by atoms with van der Waals surface area (Å²) in [5.74, 6) is 0. The van der Waals surface area contributed by atoms with Crippen LogP contribution in [0.2, 0.25) is 5.02 Å². The van der Waals surface area contributed by atoms with E-state index in [4.69, 9.17) is 16.3 Å². The Bertz CT molecular complexity index is 434. The molecule has 1 saturated heterocycles. The van der Waals surface area contributed by atoms with Crippen LogP contribution in [0.1, 0.15) is 30.4 Å². The second kappa shape index (κ2) is 5.72. The number of benzene rings is 1. The van der Waals surface area contributed by atoms with Gasteiger partial charge >= 0.3 is 0 Å². The normalized spacial score (nSPS) is 20.4. The van der Waals surface area contributed by atoms with Crippen molar-refractivity contribution in [3.63, 3.8) is 0 Å². The summed E-state index contributed by atoms with van der Waals surface area (Å²) >= 11 is 9.88. The summed E-state index contributed by atoms with van der Waals surface area (Å²) < 4.78 is 6.47. The molecule has 0 atom stereocenters. The number of ether oxygens (including phenoxy) is 1. The lowest BCUT2D eigenvalue weighted by Gasteiger charge is -2.45. The first-order chi connectivity index (χ1) is 9.15. The first-order valence-electron chi connectivity index (χ1n) is 6.93. The van der Waals surface area contributed by atoms with Crippen LogP contribution in [0.3, 0.4) is 0 Å². The molecule has 1 saturated carbocycles. The van der Waals surface area contributed by atoms with Crippen LogP contribution < -0.4 is 0 Å². The van der Waals surface area contributed by atoms with Crippen LogP contribution in [0.5, 0.6) is 0 Å². The quantitative estimate of drug-likeness (QED) is 0.813. The van der Waals surface area contributed by atoms with Gasteiger partial charge in [-0.3, -0.25) is 4.90 Å². The molecule has 1 aromatic carbocycles. The highest BCUT2D eigenvalue weighted by molar-refractivity contribution is 9.10. The molecule has 0 spiro atoms. The van der Waals surface area contributed by atoms with Gasteiger partial charge in [-0.15, -0.1) is 0 Å². The number of halogens is 2. The van der Waals surface area contributed by atoms with Gasteiger partial charge < -0.3 is 4.74 Å². The molecule has 2 aliphatic rings. The summed E-state index contributed by atoms with van der Waals surface area (Å²) in [6, 6.07) is 5.65. The zero-order chi connectivity index (χ0) is 13.4. The monoisotopic (exact) mass is 343 g/mol. The maximum absolute atomic E-state index is 6.28. The number of hydrogen-bond acceptors (Lipinski definition) is 2. The first-order valence-corrected chi connectivity index (χ1v) is 8.10. The lowest BCUT2D eigenvalue weighted by atomic mass is 9.89. The summed E-state index contributed by atoms with van der Waals surface area (Å²) in [4.78, 5) is 2.61. The number of nitrogens with zero attached hydrogens (tertiary/aromatic N) is 1. The van der Waals surface area contributed by atoms with Gasteiger partial charge in [-0.2, -0.15) is 0 Å². The highest BCUT2D eigenvalue weighted by Crippen LogP contribution is 2.32. The molecule has 0 bridgehead atoms. The average molecular weight is 345 g/mol. The van der Waals surface area contributed by atoms with Gasteiger partial charge in [-0.05, 0) is 43.0 Å². The van der Waals surface area contributed by atoms with E-state index < -0.39 is 0 Å². The molecule has 1 aliphatic carbocycles. The van der Waals surface area contributed by atoms with Crippen molar-refractivity contribution < 1.29 is 4.74 Å². The third-order valence-electron chi connectivity index (χ3n) is 4.34. The highest BCUT2D eigenvalue weighted by atomic mass is 79.9. The Hall–Kier alpha value is -0.0900. The van der Waals surface area contributed by atoms with Crippen LogP contribution in [0.25, 0.3) is 0 Å². The summed E-state index contributed by atoms with van der Waals surface area (Å²) in [5.41, 5.74) is 2.41. The fourth-order valence-electron chi connectivity index (χ4n) is 2.69. The van der Waals surface area contributed by atoms with Crippen molar-refractivity contribution in [1.29, 1.82) is 0 Å². The van der Waals surface area contributed by atoms with Gasteiger partial charge in [0.15, 0.2) is 0 Å². The molecule has 19 heavy (non-hydrogen) atoms. The molecule has 2 nitrogen and oxygen atoms in total. The third-order valence-corrected chi connectivity index (χ3v) is 5.56.